The van der Waals surface area contributed by atoms with Crippen molar-refractivity contribution in [1.29, 1.82) is 0 Å². The van der Waals surface area contributed by atoms with Crippen LogP contribution < -0.4 is 5.73 Å². The summed E-state index contributed by atoms with van der Waals surface area (Å²) in [5.74, 6) is -0.494. The largest absolute Gasteiger partial charge is 0.398 e. The van der Waals surface area contributed by atoms with Crippen molar-refractivity contribution in [2.45, 2.75) is 30.1 Å². The van der Waals surface area contributed by atoms with Crippen LogP contribution in [0.1, 0.15) is 13.8 Å². The first-order valence-corrected chi connectivity index (χ1v) is 5.77. The van der Waals surface area contributed by atoms with Crippen molar-refractivity contribution in [3.63, 3.8) is 0 Å². The summed E-state index contributed by atoms with van der Waals surface area (Å²) in [6.45, 7) is 3.53. The van der Waals surface area contributed by atoms with Gasteiger partial charge in [0.25, 0.3) is 0 Å². The van der Waals surface area contributed by atoms with E-state index in [9.17, 15) is 9.50 Å². The van der Waals surface area contributed by atoms with Crippen molar-refractivity contribution in [3.05, 3.63) is 23.0 Å². The molecule has 0 saturated carbocycles. The third-order valence-corrected chi connectivity index (χ3v) is 3.71. The summed E-state index contributed by atoms with van der Waals surface area (Å²) < 4.78 is 13.1. The van der Waals surface area contributed by atoms with Gasteiger partial charge in [-0.2, -0.15) is 0 Å². The van der Waals surface area contributed by atoms with Crippen LogP contribution in [0.15, 0.2) is 17.0 Å². The van der Waals surface area contributed by atoms with E-state index in [0.29, 0.717) is 10.6 Å². The first-order valence-electron chi connectivity index (χ1n) is 4.51. The van der Waals surface area contributed by atoms with Gasteiger partial charge in [0.1, 0.15) is 5.82 Å². The molecule has 0 saturated heterocycles. The van der Waals surface area contributed by atoms with Gasteiger partial charge in [-0.15, -0.1) is 11.8 Å². The Morgan fingerprint density at radius 1 is 1.47 bits per heavy atom. The monoisotopic (exact) mass is 249 g/mol. The molecule has 5 heteroatoms. The van der Waals surface area contributed by atoms with Crippen LogP contribution in [0.2, 0.25) is 5.02 Å². The lowest BCUT2D eigenvalue weighted by Crippen LogP contribution is -2.15. The third kappa shape index (κ3) is 3.26. The summed E-state index contributed by atoms with van der Waals surface area (Å²) in [7, 11) is 0. The summed E-state index contributed by atoms with van der Waals surface area (Å²) in [6.07, 6.45) is -0.479. The fourth-order valence-electron chi connectivity index (χ4n) is 0.945. The quantitative estimate of drug-likeness (QED) is 0.640. The molecule has 0 aromatic heterocycles. The summed E-state index contributed by atoms with van der Waals surface area (Å²) in [5.41, 5.74) is 6.11. The Labute approximate surface area is 97.6 Å². The minimum absolute atomic E-state index is 0.0153. The third-order valence-electron chi connectivity index (χ3n) is 2.04. The van der Waals surface area contributed by atoms with Crippen molar-refractivity contribution in [1.82, 2.24) is 0 Å². The Morgan fingerprint density at radius 3 is 2.60 bits per heavy atom. The van der Waals surface area contributed by atoms with Crippen LogP contribution in [0.25, 0.3) is 0 Å². The van der Waals surface area contributed by atoms with Crippen LogP contribution in [0.3, 0.4) is 0 Å². The van der Waals surface area contributed by atoms with E-state index < -0.39 is 11.9 Å². The molecule has 0 aliphatic carbocycles. The standard InChI is InChI=1S/C10H13ClFNOS/c1-5(14)6(2)15-10-4-8(12)7(11)3-9(10)13/h3-6,14H,13H2,1-2H3. The summed E-state index contributed by atoms with van der Waals surface area (Å²) in [4.78, 5) is 0.602. The molecule has 0 aliphatic heterocycles. The first kappa shape index (κ1) is 12.6. The fraction of sp³-hybridized carbons (Fsp3) is 0.400. The van der Waals surface area contributed by atoms with Gasteiger partial charge < -0.3 is 10.8 Å². The van der Waals surface area contributed by atoms with Gasteiger partial charge in [0.05, 0.1) is 11.1 Å². The van der Waals surface area contributed by atoms with Crippen molar-refractivity contribution >= 4 is 29.1 Å². The van der Waals surface area contributed by atoms with Gasteiger partial charge in [-0.05, 0) is 19.1 Å². The second-order valence-corrected chi connectivity index (χ2v) is 5.19. The Morgan fingerprint density at radius 2 is 2.07 bits per heavy atom. The van der Waals surface area contributed by atoms with Gasteiger partial charge in [-0.1, -0.05) is 18.5 Å². The molecule has 2 nitrogen and oxygen atoms in total. The normalized spacial score (nSPS) is 15.0. The zero-order valence-electron chi connectivity index (χ0n) is 8.50. The molecule has 3 N–H and O–H groups in total. The molecular weight excluding hydrogens is 237 g/mol. The highest BCUT2D eigenvalue weighted by Gasteiger charge is 2.14. The average Bonchev–Trinajstić information content (AvgIpc) is 2.13. The van der Waals surface area contributed by atoms with E-state index in [1.54, 1.807) is 6.92 Å². The maximum absolute atomic E-state index is 13.1. The second kappa shape index (κ2) is 5.05. The first-order chi connectivity index (χ1) is 6.91. The maximum Gasteiger partial charge on any atom is 0.143 e. The molecule has 2 atom stereocenters. The number of thioether (sulfide) groups is 1. The predicted octanol–water partition coefficient (Wildman–Crippen LogP) is 2.92. The van der Waals surface area contributed by atoms with Gasteiger partial charge in [0, 0.05) is 15.8 Å². The number of anilines is 1. The highest BCUT2D eigenvalue weighted by atomic mass is 35.5. The van der Waals surface area contributed by atoms with Gasteiger partial charge in [-0.3, -0.25) is 0 Å². The molecule has 0 heterocycles. The average molecular weight is 250 g/mol. The Kier molecular flexibility index (Phi) is 4.25. The molecule has 0 spiro atoms. The van der Waals surface area contributed by atoms with E-state index in [1.807, 2.05) is 6.92 Å². The number of benzene rings is 1. The molecule has 1 aromatic carbocycles. The van der Waals surface area contributed by atoms with E-state index in [-0.39, 0.29) is 10.3 Å². The summed E-state index contributed by atoms with van der Waals surface area (Å²) in [6, 6.07) is 2.68. The van der Waals surface area contributed by atoms with Crippen LogP contribution in [-0.4, -0.2) is 16.5 Å². The van der Waals surface area contributed by atoms with E-state index >= 15 is 0 Å². The SMILES string of the molecule is CC(O)C(C)Sc1cc(F)c(Cl)cc1N. The number of halogens is 2. The zero-order valence-corrected chi connectivity index (χ0v) is 10.1. The molecule has 0 fully saturated rings. The molecule has 1 rings (SSSR count). The van der Waals surface area contributed by atoms with Crippen LogP contribution in [0, 0.1) is 5.82 Å². The van der Waals surface area contributed by atoms with Crippen molar-refractivity contribution < 1.29 is 9.50 Å². The van der Waals surface area contributed by atoms with Gasteiger partial charge in [0.2, 0.25) is 0 Å². The number of hydrogen-bond acceptors (Lipinski definition) is 3. The molecule has 0 amide bonds. The van der Waals surface area contributed by atoms with Crippen molar-refractivity contribution in [3.8, 4) is 0 Å². The maximum atomic E-state index is 13.1. The second-order valence-electron chi connectivity index (χ2n) is 3.37. The van der Waals surface area contributed by atoms with Crippen molar-refractivity contribution in [2.75, 3.05) is 5.73 Å². The number of aliphatic hydroxyl groups excluding tert-OH is 1. The van der Waals surface area contributed by atoms with E-state index in [1.165, 1.54) is 23.9 Å². The molecule has 0 radical (unpaired) electrons. The number of hydrogen-bond donors (Lipinski definition) is 2. The van der Waals surface area contributed by atoms with Crippen LogP contribution in [0.4, 0.5) is 10.1 Å². The molecule has 84 valence electrons. The number of nitrogens with two attached hydrogens (primary N) is 1. The highest BCUT2D eigenvalue weighted by molar-refractivity contribution is 8.00. The smallest absolute Gasteiger partial charge is 0.143 e. The highest BCUT2D eigenvalue weighted by Crippen LogP contribution is 2.33. The van der Waals surface area contributed by atoms with Crippen LogP contribution in [-0.2, 0) is 0 Å². The predicted molar refractivity (Wildman–Crippen MR) is 62.8 cm³/mol. The molecule has 0 aliphatic rings. The summed E-state index contributed by atoms with van der Waals surface area (Å²) >= 11 is 6.90. The topological polar surface area (TPSA) is 46.2 Å². The Bertz CT molecular complexity index is 360. The molecule has 15 heavy (non-hydrogen) atoms. The van der Waals surface area contributed by atoms with Crippen LogP contribution >= 0.6 is 23.4 Å². The van der Waals surface area contributed by atoms with Gasteiger partial charge >= 0.3 is 0 Å². The summed E-state index contributed by atoms with van der Waals surface area (Å²) in [5, 5.41) is 9.28. The Balaban J connectivity index is 2.91. The fourth-order valence-corrected chi connectivity index (χ4v) is 2.08. The lowest BCUT2D eigenvalue weighted by atomic mass is 10.3. The minimum atomic E-state index is -0.494. The molecular formula is C10H13ClFNOS. The van der Waals surface area contributed by atoms with Gasteiger partial charge in [-0.25, -0.2) is 4.39 Å². The van der Waals surface area contributed by atoms with Crippen LogP contribution in [0.5, 0.6) is 0 Å². The molecule has 2 unspecified atom stereocenters. The Hall–Kier alpha value is -0.450. The van der Waals surface area contributed by atoms with E-state index in [4.69, 9.17) is 17.3 Å². The number of rotatable bonds is 3. The van der Waals surface area contributed by atoms with Gasteiger partial charge in [0.15, 0.2) is 0 Å². The van der Waals surface area contributed by atoms with Crippen molar-refractivity contribution in [2.24, 2.45) is 0 Å². The van der Waals surface area contributed by atoms with E-state index in [2.05, 4.69) is 0 Å². The number of aliphatic hydroxyl groups is 1. The molecule has 0 bridgehead atoms. The zero-order chi connectivity index (χ0) is 11.6. The molecule has 1 aromatic rings. The minimum Gasteiger partial charge on any atom is -0.398 e. The van der Waals surface area contributed by atoms with E-state index in [0.717, 1.165) is 0 Å². The number of nitrogen functional groups attached to an aromatic ring is 1. The lowest BCUT2D eigenvalue weighted by molar-refractivity contribution is 0.196. The lowest BCUT2D eigenvalue weighted by Gasteiger charge is -2.15.